The molecule has 0 aromatic heterocycles. The van der Waals surface area contributed by atoms with E-state index in [0.717, 1.165) is 19.1 Å². The number of hydrogen-bond donors (Lipinski definition) is 2. The first-order valence-corrected chi connectivity index (χ1v) is 5.48. The van der Waals surface area contributed by atoms with Crippen LogP contribution in [0.25, 0.3) is 0 Å². The normalized spacial score (nSPS) is 29.8. The Morgan fingerprint density at radius 2 is 2.15 bits per heavy atom. The van der Waals surface area contributed by atoms with Crippen LogP contribution < -0.4 is 5.32 Å². The zero-order chi connectivity index (χ0) is 9.10. The summed E-state index contributed by atoms with van der Waals surface area (Å²) < 4.78 is 0. The minimum Gasteiger partial charge on any atom is -0.395 e. The molecule has 1 saturated heterocycles. The van der Waals surface area contributed by atoms with Gasteiger partial charge in [0.25, 0.3) is 0 Å². The molecule has 0 radical (unpaired) electrons. The maximum absolute atomic E-state index is 9.10. The van der Waals surface area contributed by atoms with Crippen molar-refractivity contribution in [1.29, 1.82) is 0 Å². The summed E-state index contributed by atoms with van der Waals surface area (Å²) in [5.41, 5.74) is 0. The first kappa shape index (κ1) is 9.44. The van der Waals surface area contributed by atoms with E-state index in [1.54, 1.807) is 0 Å². The highest BCUT2D eigenvalue weighted by Crippen LogP contribution is 2.19. The Balaban J connectivity index is 1.61. The third kappa shape index (κ3) is 2.66. The quantitative estimate of drug-likeness (QED) is 0.640. The lowest BCUT2D eigenvalue weighted by atomic mass is 10.2. The van der Waals surface area contributed by atoms with Gasteiger partial charge in [0, 0.05) is 25.2 Å². The molecule has 0 bridgehead atoms. The number of nitrogens with zero attached hydrogens (tertiary/aromatic N) is 1. The van der Waals surface area contributed by atoms with Crippen molar-refractivity contribution >= 4 is 0 Å². The van der Waals surface area contributed by atoms with Crippen LogP contribution in [0.5, 0.6) is 0 Å². The van der Waals surface area contributed by atoms with Crippen molar-refractivity contribution in [2.75, 3.05) is 26.2 Å². The summed E-state index contributed by atoms with van der Waals surface area (Å²) in [7, 11) is 0. The van der Waals surface area contributed by atoms with Gasteiger partial charge >= 0.3 is 0 Å². The van der Waals surface area contributed by atoms with Crippen molar-refractivity contribution in [2.24, 2.45) is 0 Å². The molecule has 0 aromatic rings. The van der Waals surface area contributed by atoms with Crippen molar-refractivity contribution in [3.63, 3.8) is 0 Å². The van der Waals surface area contributed by atoms with Gasteiger partial charge in [0.1, 0.15) is 0 Å². The lowest BCUT2D eigenvalue weighted by Gasteiger charge is -2.22. The predicted molar refractivity (Wildman–Crippen MR) is 52.7 cm³/mol. The number of nitrogens with one attached hydrogen (secondary N) is 1. The number of aliphatic hydroxyl groups excluding tert-OH is 1. The van der Waals surface area contributed by atoms with Crippen molar-refractivity contribution in [1.82, 2.24) is 10.2 Å². The Morgan fingerprint density at radius 1 is 1.31 bits per heavy atom. The molecule has 1 unspecified atom stereocenters. The number of hydrogen-bond acceptors (Lipinski definition) is 3. The predicted octanol–water partition coefficient (Wildman–Crippen LogP) is 0.195. The average molecular weight is 184 g/mol. The van der Waals surface area contributed by atoms with Crippen LogP contribution in [-0.2, 0) is 0 Å². The third-order valence-corrected chi connectivity index (χ3v) is 3.12. The van der Waals surface area contributed by atoms with Crippen LogP contribution in [0.1, 0.15) is 25.7 Å². The van der Waals surface area contributed by atoms with E-state index in [2.05, 4.69) is 10.2 Å². The van der Waals surface area contributed by atoms with Gasteiger partial charge in [0.15, 0.2) is 0 Å². The Bertz CT molecular complexity index is 159. The van der Waals surface area contributed by atoms with Gasteiger partial charge in [0.05, 0.1) is 6.61 Å². The van der Waals surface area contributed by atoms with Gasteiger partial charge in [-0.25, -0.2) is 0 Å². The Morgan fingerprint density at radius 3 is 2.85 bits per heavy atom. The summed E-state index contributed by atoms with van der Waals surface area (Å²) in [4.78, 5) is 2.41. The monoisotopic (exact) mass is 184 g/mol. The molecule has 1 aliphatic heterocycles. The van der Waals surface area contributed by atoms with Gasteiger partial charge in [0.2, 0.25) is 0 Å². The van der Waals surface area contributed by atoms with E-state index in [1.165, 1.54) is 32.2 Å². The second-order valence-corrected chi connectivity index (χ2v) is 4.24. The zero-order valence-electron chi connectivity index (χ0n) is 8.21. The topological polar surface area (TPSA) is 35.5 Å². The van der Waals surface area contributed by atoms with Gasteiger partial charge < -0.3 is 10.4 Å². The van der Waals surface area contributed by atoms with Gasteiger partial charge in [-0.05, 0) is 32.2 Å². The molecule has 1 heterocycles. The van der Waals surface area contributed by atoms with E-state index < -0.39 is 0 Å². The summed E-state index contributed by atoms with van der Waals surface area (Å²) >= 11 is 0. The van der Waals surface area contributed by atoms with Crippen LogP contribution in [0.3, 0.4) is 0 Å². The molecule has 0 aromatic carbocycles. The van der Waals surface area contributed by atoms with Crippen LogP contribution >= 0.6 is 0 Å². The van der Waals surface area contributed by atoms with Crippen molar-refractivity contribution in [3.8, 4) is 0 Å². The van der Waals surface area contributed by atoms with Gasteiger partial charge in [-0.1, -0.05) is 0 Å². The molecule has 2 aliphatic rings. The Hall–Kier alpha value is -0.120. The Labute approximate surface area is 80.1 Å². The fourth-order valence-electron chi connectivity index (χ4n) is 2.10. The highest BCUT2D eigenvalue weighted by atomic mass is 16.3. The molecular formula is C10H20N2O. The van der Waals surface area contributed by atoms with E-state index in [-0.39, 0.29) is 0 Å². The van der Waals surface area contributed by atoms with E-state index >= 15 is 0 Å². The van der Waals surface area contributed by atoms with Crippen LogP contribution in [-0.4, -0.2) is 48.3 Å². The van der Waals surface area contributed by atoms with Crippen molar-refractivity contribution < 1.29 is 5.11 Å². The van der Waals surface area contributed by atoms with Gasteiger partial charge in [-0.15, -0.1) is 0 Å². The fraction of sp³-hybridized carbons (Fsp3) is 1.00. The summed E-state index contributed by atoms with van der Waals surface area (Å²) in [6.07, 6.45) is 5.17. The molecule has 3 nitrogen and oxygen atoms in total. The summed E-state index contributed by atoms with van der Waals surface area (Å²) in [5.74, 6) is 0. The molecule has 0 amide bonds. The second-order valence-electron chi connectivity index (χ2n) is 4.24. The maximum Gasteiger partial charge on any atom is 0.0586 e. The molecule has 1 aliphatic carbocycles. The maximum atomic E-state index is 9.10. The highest BCUT2D eigenvalue weighted by Gasteiger charge is 2.24. The van der Waals surface area contributed by atoms with Crippen LogP contribution in [0.4, 0.5) is 0 Å². The standard InChI is InChI=1S/C10H20N2O/c13-8-10-2-1-6-12(10)7-5-11-9-3-4-9/h9-11,13H,1-8H2. The van der Waals surface area contributed by atoms with Gasteiger partial charge in [-0.2, -0.15) is 0 Å². The average Bonchev–Trinajstić information content (AvgIpc) is 2.84. The van der Waals surface area contributed by atoms with Crippen LogP contribution in [0.2, 0.25) is 0 Å². The smallest absolute Gasteiger partial charge is 0.0586 e. The van der Waals surface area contributed by atoms with Gasteiger partial charge in [-0.3, -0.25) is 4.90 Å². The molecule has 3 heteroatoms. The molecule has 13 heavy (non-hydrogen) atoms. The first-order chi connectivity index (χ1) is 6.40. The second kappa shape index (κ2) is 4.40. The van der Waals surface area contributed by atoms with E-state index in [9.17, 15) is 0 Å². The summed E-state index contributed by atoms with van der Waals surface area (Å²) in [6, 6.07) is 1.26. The van der Waals surface area contributed by atoms with Crippen LogP contribution in [0.15, 0.2) is 0 Å². The number of rotatable bonds is 5. The molecule has 1 atom stereocenters. The molecule has 2 N–H and O–H groups in total. The largest absolute Gasteiger partial charge is 0.395 e. The fourth-order valence-corrected chi connectivity index (χ4v) is 2.10. The minimum absolute atomic E-state index is 0.337. The highest BCUT2D eigenvalue weighted by molar-refractivity contribution is 4.83. The Kier molecular flexibility index (Phi) is 3.19. The SMILES string of the molecule is OCC1CCCN1CCNC1CC1. The molecule has 0 spiro atoms. The third-order valence-electron chi connectivity index (χ3n) is 3.12. The van der Waals surface area contributed by atoms with Crippen LogP contribution in [0, 0.1) is 0 Å². The molecular weight excluding hydrogens is 164 g/mol. The lowest BCUT2D eigenvalue weighted by molar-refractivity contribution is 0.159. The first-order valence-electron chi connectivity index (χ1n) is 5.48. The summed E-state index contributed by atoms with van der Waals surface area (Å²) in [6.45, 7) is 3.73. The lowest BCUT2D eigenvalue weighted by Crippen LogP contribution is -2.37. The van der Waals surface area contributed by atoms with E-state index in [4.69, 9.17) is 5.11 Å². The summed E-state index contributed by atoms with van der Waals surface area (Å²) in [5, 5.41) is 12.6. The molecule has 2 fully saturated rings. The van der Waals surface area contributed by atoms with Crippen molar-refractivity contribution in [3.05, 3.63) is 0 Å². The number of likely N-dealkylation sites (tertiary alicyclic amines) is 1. The van der Waals surface area contributed by atoms with Crippen molar-refractivity contribution in [2.45, 2.75) is 37.8 Å². The molecule has 2 rings (SSSR count). The van der Waals surface area contributed by atoms with E-state index in [1.807, 2.05) is 0 Å². The molecule has 1 saturated carbocycles. The molecule has 76 valence electrons. The minimum atomic E-state index is 0.337. The zero-order valence-corrected chi connectivity index (χ0v) is 8.21. The van der Waals surface area contributed by atoms with E-state index in [0.29, 0.717) is 12.6 Å². The number of aliphatic hydroxyl groups is 1.